The Balaban J connectivity index is 1.88. The van der Waals surface area contributed by atoms with Crippen molar-refractivity contribution in [2.24, 2.45) is 0 Å². The van der Waals surface area contributed by atoms with Crippen LogP contribution in [0.3, 0.4) is 0 Å². The van der Waals surface area contributed by atoms with Gasteiger partial charge in [-0.3, -0.25) is 0 Å². The van der Waals surface area contributed by atoms with Crippen LogP contribution in [0.5, 0.6) is 0 Å². The molecular formula is C13H18ClNS. The molecule has 1 aliphatic rings. The zero-order valence-corrected chi connectivity index (χ0v) is 11.4. The van der Waals surface area contributed by atoms with E-state index in [2.05, 4.69) is 43.4 Å². The average Bonchev–Trinajstić information content (AvgIpc) is 2.69. The third kappa shape index (κ3) is 2.93. The van der Waals surface area contributed by atoms with Gasteiger partial charge in [0.05, 0.1) is 0 Å². The van der Waals surface area contributed by atoms with E-state index in [9.17, 15) is 0 Å². The van der Waals surface area contributed by atoms with E-state index in [4.69, 9.17) is 11.6 Å². The summed E-state index contributed by atoms with van der Waals surface area (Å²) in [5, 5.41) is 4.19. The summed E-state index contributed by atoms with van der Waals surface area (Å²) < 4.78 is 0. The summed E-state index contributed by atoms with van der Waals surface area (Å²) in [7, 11) is 0. The van der Waals surface area contributed by atoms with E-state index in [1.54, 1.807) is 0 Å². The highest BCUT2D eigenvalue weighted by Crippen LogP contribution is 2.36. The maximum atomic E-state index is 5.90. The van der Waals surface area contributed by atoms with Crippen molar-refractivity contribution >= 4 is 23.4 Å². The van der Waals surface area contributed by atoms with Crippen LogP contribution in [0.15, 0.2) is 29.2 Å². The third-order valence-corrected chi connectivity index (χ3v) is 4.84. The monoisotopic (exact) mass is 255 g/mol. The Morgan fingerprint density at radius 1 is 1.44 bits per heavy atom. The fraction of sp³-hybridized carbons (Fsp3) is 0.538. The average molecular weight is 256 g/mol. The van der Waals surface area contributed by atoms with Crippen LogP contribution in [0, 0.1) is 0 Å². The number of fused-ring (bicyclic) bond motifs is 1. The Hall–Kier alpha value is -0.180. The number of hydrogen-bond donors (Lipinski definition) is 1. The molecule has 0 saturated carbocycles. The summed E-state index contributed by atoms with van der Waals surface area (Å²) in [5.74, 6) is 0.650. The van der Waals surface area contributed by atoms with Crippen LogP contribution in [0.1, 0.15) is 19.4 Å². The molecule has 0 fully saturated rings. The second-order valence-corrected chi connectivity index (χ2v) is 6.56. The van der Waals surface area contributed by atoms with Crippen LogP contribution < -0.4 is 5.32 Å². The summed E-state index contributed by atoms with van der Waals surface area (Å²) in [6.07, 6.45) is 1.17. The molecule has 0 aliphatic carbocycles. The van der Waals surface area contributed by atoms with Crippen molar-refractivity contribution in [1.29, 1.82) is 0 Å². The maximum absolute atomic E-state index is 5.90. The summed E-state index contributed by atoms with van der Waals surface area (Å²) in [6.45, 7) is 5.32. The lowest BCUT2D eigenvalue weighted by Gasteiger charge is -2.25. The molecule has 0 bridgehead atoms. The molecule has 3 heteroatoms. The molecule has 0 saturated heterocycles. The van der Waals surface area contributed by atoms with E-state index >= 15 is 0 Å². The number of halogens is 1. The molecule has 0 radical (unpaired) electrons. The minimum atomic E-state index is 0.0386. The lowest BCUT2D eigenvalue weighted by Crippen LogP contribution is -2.44. The van der Waals surface area contributed by atoms with Crippen molar-refractivity contribution in [2.45, 2.75) is 36.0 Å². The highest BCUT2D eigenvalue weighted by atomic mass is 35.5. The quantitative estimate of drug-likeness (QED) is 0.829. The van der Waals surface area contributed by atoms with Crippen LogP contribution in [0.2, 0.25) is 0 Å². The van der Waals surface area contributed by atoms with E-state index in [1.807, 2.05) is 11.8 Å². The summed E-state index contributed by atoms with van der Waals surface area (Å²) >= 11 is 7.88. The van der Waals surface area contributed by atoms with E-state index < -0.39 is 0 Å². The van der Waals surface area contributed by atoms with Crippen LogP contribution in [0.25, 0.3) is 0 Å². The fourth-order valence-corrected chi connectivity index (χ4v) is 3.15. The molecule has 88 valence electrons. The normalized spacial score (nSPS) is 19.8. The number of alkyl halides is 1. The molecule has 0 amide bonds. The van der Waals surface area contributed by atoms with Crippen molar-refractivity contribution in [2.75, 3.05) is 12.4 Å². The molecule has 1 heterocycles. The Morgan fingerprint density at radius 3 is 2.88 bits per heavy atom. The van der Waals surface area contributed by atoms with Gasteiger partial charge in [0.1, 0.15) is 0 Å². The Labute approximate surface area is 107 Å². The van der Waals surface area contributed by atoms with Crippen molar-refractivity contribution in [3.63, 3.8) is 0 Å². The summed E-state index contributed by atoms with van der Waals surface area (Å²) in [6, 6.07) is 8.68. The molecule has 1 unspecified atom stereocenters. The topological polar surface area (TPSA) is 12.0 Å². The van der Waals surface area contributed by atoms with E-state index in [-0.39, 0.29) is 5.54 Å². The van der Waals surface area contributed by atoms with Gasteiger partial charge >= 0.3 is 0 Å². The minimum absolute atomic E-state index is 0.0386. The van der Waals surface area contributed by atoms with Gasteiger partial charge in [0.25, 0.3) is 0 Å². The zero-order valence-electron chi connectivity index (χ0n) is 9.79. The number of thioether (sulfide) groups is 1. The van der Waals surface area contributed by atoms with Crippen molar-refractivity contribution in [1.82, 2.24) is 5.32 Å². The molecule has 0 spiro atoms. The predicted molar refractivity (Wildman–Crippen MR) is 72.6 cm³/mol. The Bertz CT molecular complexity index is 340. The molecule has 1 N–H and O–H groups in total. The van der Waals surface area contributed by atoms with Crippen molar-refractivity contribution in [3.8, 4) is 0 Å². The first-order valence-electron chi connectivity index (χ1n) is 5.66. The summed E-state index contributed by atoms with van der Waals surface area (Å²) in [5.41, 5.74) is 1.53. The summed E-state index contributed by atoms with van der Waals surface area (Å²) in [4.78, 5) is 1.44. The lowest BCUT2D eigenvalue weighted by atomic mass is 10.1. The molecule has 2 rings (SSSR count). The highest BCUT2D eigenvalue weighted by molar-refractivity contribution is 8.00. The first kappa shape index (κ1) is 12.3. The smallest absolute Gasteiger partial charge is 0.0400 e. The van der Waals surface area contributed by atoms with Crippen LogP contribution in [-0.2, 0) is 6.42 Å². The van der Waals surface area contributed by atoms with Gasteiger partial charge in [-0.25, -0.2) is 0 Å². The molecule has 1 nitrogen and oxygen atoms in total. The van der Waals surface area contributed by atoms with Gasteiger partial charge in [-0.1, -0.05) is 18.2 Å². The minimum Gasteiger partial charge on any atom is -0.309 e. The van der Waals surface area contributed by atoms with E-state index in [0.717, 1.165) is 6.54 Å². The van der Waals surface area contributed by atoms with Crippen LogP contribution in [0.4, 0.5) is 0 Å². The second-order valence-electron chi connectivity index (χ2n) is 4.95. The van der Waals surface area contributed by atoms with Crippen LogP contribution >= 0.6 is 23.4 Å². The Morgan fingerprint density at radius 2 is 2.19 bits per heavy atom. The fourth-order valence-electron chi connectivity index (χ4n) is 1.81. The van der Waals surface area contributed by atoms with E-state index in [0.29, 0.717) is 11.1 Å². The predicted octanol–water partition coefficient (Wildman–Crippen LogP) is 3.31. The third-order valence-electron chi connectivity index (χ3n) is 2.86. The molecule has 1 aliphatic heterocycles. The number of benzene rings is 1. The molecule has 1 aromatic rings. The lowest BCUT2D eigenvalue weighted by molar-refractivity contribution is 0.431. The second kappa shape index (κ2) is 4.99. The molecule has 1 aromatic carbocycles. The van der Waals surface area contributed by atoms with Gasteiger partial charge in [0.2, 0.25) is 0 Å². The van der Waals surface area contributed by atoms with Gasteiger partial charge in [0, 0.05) is 28.1 Å². The van der Waals surface area contributed by atoms with Gasteiger partial charge in [0.15, 0.2) is 0 Å². The van der Waals surface area contributed by atoms with Gasteiger partial charge in [-0.15, -0.1) is 23.4 Å². The van der Waals surface area contributed by atoms with Crippen molar-refractivity contribution < 1.29 is 0 Å². The van der Waals surface area contributed by atoms with Gasteiger partial charge in [-0.2, -0.15) is 0 Å². The largest absolute Gasteiger partial charge is 0.309 e. The SMILES string of the molecule is CC(C)(CCl)NCC1Cc2ccccc2S1. The van der Waals surface area contributed by atoms with Gasteiger partial charge in [-0.05, 0) is 31.9 Å². The first-order chi connectivity index (χ1) is 7.61. The maximum Gasteiger partial charge on any atom is 0.0400 e. The Kier molecular flexibility index (Phi) is 3.83. The van der Waals surface area contributed by atoms with Crippen LogP contribution in [-0.4, -0.2) is 23.2 Å². The number of rotatable bonds is 4. The van der Waals surface area contributed by atoms with E-state index in [1.165, 1.54) is 16.9 Å². The van der Waals surface area contributed by atoms with Gasteiger partial charge < -0.3 is 5.32 Å². The highest BCUT2D eigenvalue weighted by Gasteiger charge is 2.24. The standard InChI is InChI=1S/C13H18ClNS/c1-13(2,9-14)15-8-11-7-10-5-3-4-6-12(10)16-11/h3-6,11,15H,7-9H2,1-2H3. The number of hydrogen-bond acceptors (Lipinski definition) is 2. The first-order valence-corrected chi connectivity index (χ1v) is 7.08. The van der Waals surface area contributed by atoms with Crippen molar-refractivity contribution in [3.05, 3.63) is 29.8 Å². The molecule has 1 atom stereocenters. The molecular weight excluding hydrogens is 238 g/mol. The number of nitrogens with one attached hydrogen (secondary N) is 1. The zero-order chi connectivity index (χ0) is 11.6. The molecule has 0 aromatic heterocycles. The molecule has 16 heavy (non-hydrogen) atoms.